The third-order valence-electron chi connectivity index (χ3n) is 5.35. The first kappa shape index (κ1) is 17.8. The van der Waals surface area contributed by atoms with E-state index in [1.165, 1.54) is 21.9 Å². The molecule has 0 saturated carbocycles. The zero-order valence-corrected chi connectivity index (χ0v) is 15.4. The maximum absolute atomic E-state index is 11.7. The SMILES string of the molecule is CCCCC(=O)NCCCC1CCc2c(OC)ccc3cccc1c23. The minimum absolute atomic E-state index is 0.197. The highest BCUT2D eigenvalue weighted by Crippen LogP contribution is 2.42. The van der Waals surface area contributed by atoms with Crippen LogP contribution in [0.5, 0.6) is 5.75 Å². The molecule has 134 valence electrons. The monoisotopic (exact) mass is 339 g/mol. The van der Waals surface area contributed by atoms with E-state index in [-0.39, 0.29) is 5.91 Å². The molecule has 0 aromatic heterocycles. The molecule has 2 aromatic carbocycles. The van der Waals surface area contributed by atoms with Crippen molar-refractivity contribution < 1.29 is 9.53 Å². The second kappa shape index (κ2) is 8.37. The number of carbonyl (C=O) groups is 1. The van der Waals surface area contributed by atoms with E-state index in [0.29, 0.717) is 12.3 Å². The molecule has 0 fully saturated rings. The van der Waals surface area contributed by atoms with E-state index in [4.69, 9.17) is 4.74 Å². The summed E-state index contributed by atoms with van der Waals surface area (Å²) < 4.78 is 5.58. The lowest BCUT2D eigenvalue weighted by Crippen LogP contribution is -2.24. The largest absolute Gasteiger partial charge is 0.496 e. The van der Waals surface area contributed by atoms with Crippen LogP contribution < -0.4 is 10.1 Å². The van der Waals surface area contributed by atoms with Crippen molar-refractivity contribution in [1.29, 1.82) is 0 Å². The molecule has 3 rings (SSSR count). The number of ether oxygens (including phenoxy) is 1. The van der Waals surface area contributed by atoms with Gasteiger partial charge in [-0.2, -0.15) is 0 Å². The first-order chi connectivity index (χ1) is 12.2. The molecule has 2 aromatic rings. The van der Waals surface area contributed by atoms with E-state index in [2.05, 4.69) is 42.6 Å². The van der Waals surface area contributed by atoms with Crippen LogP contribution in [0.25, 0.3) is 10.8 Å². The highest BCUT2D eigenvalue weighted by Gasteiger charge is 2.23. The van der Waals surface area contributed by atoms with E-state index >= 15 is 0 Å². The minimum Gasteiger partial charge on any atom is -0.496 e. The van der Waals surface area contributed by atoms with Gasteiger partial charge in [-0.3, -0.25) is 4.79 Å². The summed E-state index contributed by atoms with van der Waals surface area (Å²) in [5.74, 6) is 1.79. The molecule has 0 heterocycles. The lowest BCUT2D eigenvalue weighted by molar-refractivity contribution is -0.121. The van der Waals surface area contributed by atoms with Crippen LogP contribution >= 0.6 is 0 Å². The highest BCUT2D eigenvalue weighted by atomic mass is 16.5. The Bertz CT molecular complexity index is 738. The zero-order valence-electron chi connectivity index (χ0n) is 15.4. The van der Waals surface area contributed by atoms with Crippen LogP contribution in [-0.2, 0) is 11.2 Å². The number of aryl methyl sites for hydroxylation is 1. The van der Waals surface area contributed by atoms with Crippen LogP contribution in [0.1, 0.15) is 62.5 Å². The van der Waals surface area contributed by atoms with Gasteiger partial charge in [0.25, 0.3) is 0 Å². The first-order valence-corrected chi connectivity index (χ1v) is 9.59. The summed E-state index contributed by atoms with van der Waals surface area (Å²) in [5.41, 5.74) is 2.81. The molecule has 1 N–H and O–H groups in total. The third-order valence-corrected chi connectivity index (χ3v) is 5.35. The quantitative estimate of drug-likeness (QED) is 0.690. The maximum atomic E-state index is 11.7. The average molecular weight is 339 g/mol. The molecule has 0 saturated heterocycles. The fourth-order valence-corrected chi connectivity index (χ4v) is 4.02. The normalized spacial score (nSPS) is 16.0. The van der Waals surface area contributed by atoms with Crippen LogP contribution in [0.3, 0.4) is 0 Å². The summed E-state index contributed by atoms with van der Waals surface area (Å²) in [6.45, 7) is 2.91. The molecular weight excluding hydrogens is 310 g/mol. The van der Waals surface area contributed by atoms with E-state index in [1.807, 2.05) is 0 Å². The molecule has 3 heteroatoms. The number of hydrogen-bond donors (Lipinski definition) is 1. The number of nitrogens with one attached hydrogen (secondary N) is 1. The third kappa shape index (κ3) is 3.97. The van der Waals surface area contributed by atoms with Gasteiger partial charge in [0.2, 0.25) is 5.91 Å². The molecule has 0 radical (unpaired) electrons. The van der Waals surface area contributed by atoms with Gasteiger partial charge in [-0.25, -0.2) is 0 Å². The molecule has 0 aliphatic heterocycles. The number of hydrogen-bond acceptors (Lipinski definition) is 2. The minimum atomic E-state index is 0.197. The van der Waals surface area contributed by atoms with Gasteiger partial charge >= 0.3 is 0 Å². The molecule has 1 unspecified atom stereocenters. The Hall–Kier alpha value is -2.03. The summed E-state index contributed by atoms with van der Waals surface area (Å²) >= 11 is 0. The van der Waals surface area contributed by atoms with Gasteiger partial charge in [0, 0.05) is 18.5 Å². The molecule has 1 aliphatic carbocycles. The lowest BCUT2D eigenvalue weighted by Gasteiger charge is -2.27. The van der Waals surface area contributed by atoms with Crippen molar-refractivity contribution >= 4 is 16.7 Å². The zero-order chi connectivity index (χ0) is 17.6. The Morgan fingerprint density at radius 2 is 2.12 bits per heavy atom. The van der Waals surface area contributed by atoms with Crippen LogP contribution in [-0.4, -0.2) is 19.6 Å². The fraction of sp³-hybridized carbons (Fsp3) is 0.500. The molecule has 25 heavy (non-hydrogen) atoms. The standard InChI is InChI=1S/C22H29NO2/c1-3-4-10-21(24)23-15-6-8-16-11-13-19-20(25-2)14-12-17-7-5-9-18(16)22(17)19/h5,7,9,12,14,16H,3-4,6,8,10-11,13,15H2,1-2H3,(H,23,24). The van der Waals surface area contributed by atoms with E-state index in [1.54, 1.807) is 7.11 Å². The lowest BCUT2D eigenvalue weighted by atomic mass is 9.79. The van der Waals surface area contributed by atoms with Crippen molar-refractivity contribution in [1.82, 2.24) is 5.32 Å². The van der Waals surface area contributed by atoms with E-state index < -0.39 is 0 Å². The number of carbonyl (C=O) groups excluding carboxylic acids is 1. The molecule has 0 spiro atoms. The van der Waals surface area contributed by atoms with Crippen LogP contribution in [0.4, 0.5) is 0 Å². The van der Waals surface area contributed by atoms with Gasteiger partial charge < -0.3 is 10.1 Å². The van der Waals surface area contributed by atoms with Crippen molar-refractivity contribution in [2.24, 2.45) is 0 Å². The van der Waals surface area contributed by atoms with Crippen LogP contribution in [0.2, 0.25) is 0 Å². The smallest absolute Gasteiger partial charge is 0.219 e. The summed E-state index contributed by atoms with van der Waals surface area (Å²) in [4.78, 5) is 11.7. The Kier molecular flexibility index (Phi) is 5.95. The predicted molar refractivity (Wildman–Crippen MR) is 103 cm³/mol. The number of rotatable bonds is 8. The molecular formula is C22H29NO2. The summed E-state index contributed by atoms with van der Waals surface area (Å²) in [5, 5.41) is 5.76. The second-order valence-electron chi connectivity index (χ2n) is 7.02. The van der Waals surface area contributed by atoms with Crippen molar-refractivity contribution in [2.75, 3.05) is 13.7 Å². The van der Waals surface area contributed by atoms with Crippen molar-refractivity contribution in [3.63, 3.8) is 0 Å². The maximum Gasteiger partial charge on any atom is 0.219 e. The predicted octanol–water partition coefficient (Wildman–Crippen LogP) is 4.96. The van der Waals surface area contributed by atoms with Gasteiger partial charge in [0.15, 0.2) is 0 Å². The Balaban J connectivity index is 1.66. The van der Waals surface area contributed by atoms with Gasteiger partial charge in [0.05, 0.1) is 7.11 Å². The van der Waals surface area contributed by atoms with Crippen LogP contribution in [0, 0.1) is 0 Å². The second-order valence-corrected chi connectivity index (χ2v) is 7.02. The highest BCUT2D eigenvalue weighted by molar-refractivity contribution is 5.92. The summed E-state index contributed by atoms with van der Waals surface area (Å²) in [6.07, 6.45) is 7.12. The fourth-order valence-electron chi connectivity index (χ4n) is 4.02. The average Bonchev–Trinajstić information content (AvgIpc) is 2.65. The first-order valence-electron chi connectivity index (χ1n) is 9.59. The Morgan fingerprint density at radius 3 is 2.92 bits per heavy atom. The molecule has 1 amide bonds. The van der Waals surface area contributed by atoms with Gasteiger partial charge in [-0.05, 0) is 60.4 Å². The van der Waals surface area contributed by atoms with Crippen molar-refractivity contribution in [2.45, 2.75) is 57.8 Å². The van der Waals surface area contributed by atoms with Crippen molar-refractivity contribution in [3.8, 4) is 5.75 Å². The number of methoxy groups -OCH3 is 1. The Morgan fingerprint density at radius 1 is 1.24 bits per heavy atom. The number of amides is 1. The van der Waals surface area contributed by atoms with Gasteiger partial charge in [0.1, 0.15) is 5.75 Å². The molecule has 1 aliphatic rings. The van der Waals surface area contributed by atoms with E-state index in [0.717, 1.165) is 50.8 Å². The summed E-state index contributed by atoms with van der Waals surface area (Å²) in [7, 11) is 1.76. The van der Waals surface area contributed by atoms with Crippen molar-refractivity contribution in [3.05, 3.63) is 41.5 Å². The number of benzene rings is 2. The van der Waals surface area contributed by atoms with E-state index in [9.17, 15) is 4.79 Å². The molecule has 0 bridgehead atoms. The number of unbranched alkanes of at least 4 members (excludes halogenated alkanes) is 1. The van der Waals surface area contributed by atoms with Gasteiger partial charge in [-0.1, -0.05) is 37.6 Å². The topological polar surface area (TPSA) is 38.3 Å². The molecule has 1 atom stereocenters. The van der Waals surface area contributed by atoms with Crippen LogP contribution in [0.15, 0.2) is 30.3 Å². The Labute approximate surface area is 150 Å². The molecule has 3 nitrogen and oxygen atoms in total. The summed E-state index contributed by atoms with van der Waals surface area (Å²) in [6, 6.07) is 10.9. The van der Waals surface area contributed by atoms with Gasteiger partial charge in [-0.15, -0.1) is 0 Å².